The molecule has 128 valence electrons. The molecular weight excluding hydrogens is 320 g/mol. The minimum Gasteiger partial charge on any atom is -0.361 e. The summed E-state index contributed by atoms with van der Waals surface area (Å²) in [5.74, 6) is -2.05. The van der Waals surface area contributed by atoms with Crippen molar-refractivity contribution < 1.29 is 10.2 Å². The van der Waals surface area contributed by atoms with Crippen LogP contribution in [0.5, 0.6) is 0 Å². The minimum atomic E-state index is -2.05. The summed E-state index contributed by atoms with van der Waals surface area (Å²) in [7, 11) is 0. The average molecular weight is 340 g/mol. The predicted octanol–water partition coefficient (Wildman–Crippen LogP) is 4.31. The maximum absolute atomic E-state index is 11.1. The number of hydrogen-bond acceptors (Lipinski definition) is 2. The smallest absolute Gasteiger partial charge is 0.200 e. The third-order valence-electron chi connectivity index (χ3n) is 5.01. The second kappa shape index (κ2) is 6.41. The Morgan fingerprint density at radius 3 is 1.54 bits per heavy atom. The maximum Gasteiger partial charge on any atom is 0.200 e. The van der Waals surface area contributed by atoms with Gasteiger partial charge in [-0.25, -0.2) is 0 Å². The molecule has 0 radical (unpaired) electrons. The molecule has 3 aromatic rings. The second-order valence-corrected chi connectivity index (χ2v) is 6.57. The Labute approximate surface area is 153 Å². The van der Waals surface area contributed by atoms with E-state index in [0.29, 0.717) is 0 Å². The fraction of sp³-hybridized carbons (Fsp3) is 0.0833. The Hall–Kier alpha value is -2.94. The number of allylic oxidation sites excluding steroid dienone is 2. The van der Waals surface area contributed by atoms with Gasteiger partial charge in [0.05, 0.1) is 5.41 Å². The van der Waals surface area contributed by atoms with Gasteiger partial charge in [-0.2, -0.15) is 0 Å². The Morgan fingerprint density at radius 1 is 0.577 bits per heavy atom. The summed E-state index contributed by atoms with van der Waals surface area (Å²) in [6.07, 6.45) is 5.22. The van der Waals surface area contributed by atoms with Gasteiger partial charge >= 0.3 is 0 Å². The monoisotopic (exact) mass is 340 g/mol. The van der Waals surface area contributed by atoms with Crippen LogP contribution in [0, 0.1) is 0 Å². The SMILES string of the molecule is OC1(O)C=CC(c2ccccc2)=CC1(c1ccccc1)c1ccccc1. The molecule has 0 fully saturated rings. The lowest BCUT2D eigenvalue weighted by Crippen LogP contribution is -2.51. The van der Waals surface area contributed by atoms with Crippen molar-refractivity contribution in [3.8, 4) is 0 Å². The quantitative estimate of drug-likeness (QED) is 0.698. The first-order valence-electron chi connectivity index (χ1n) is 8.67. The molecule has 2 nitrogen and oxygen atoms in total. The lowest BCUT2D eigenvalue weighted by molar-refractivity contribution is -0.151. The highest BCUT2D eigenvalue weighted by molar-refractivity contribution is 5.79. The third-order valence-corrected chi connectivity index (χ3v) is 5.01. The molecule has 0 amide bonds. The van der Waals surface area contributed by atoms with Crippen LogP contribution in [0.25, 0.3) is 5.57 Å². The van der Waals surface area contributed by atoms with Gasteiger partial charge in [-0.1, -0.05) is 103 Å². The summed E-state index contributed by atoms with van der Waals surface area (Å²) >= 11 is 0. The minimum absolute atomic E-state index is 0.828. The van der Waals surface area contributed by atoms with Crippen LogP contribution in [0.2, 0.25) is 0 Å². The van der Waals surface area contributed by atoms with Crippen LogP contribution >= 0.6 is 0 Å². The van der Waals surface area contributed by atoms with Crippen molar-refractivity contribution in [2.75, 3.05) is 0 Å². The molecule has 2 N–H and O–H groups in total. The van der Waals surface area contributed by atoms with E-state index < -0.39 is 11.2 Å². The Kier molecular flexibility index (Phi) is 4.08. The number of aliphatic hydroxyl groups is 2. The van der Waals surface area contributed by atoms with E-state index in [1.807, 2.05) is 97.1 Å². The van der Waals surface area contributed by atoms with Gasteiger partial charge in [0.1, 0.15) is 0 Å². The topological polar surface area (TPSA) is 40.5 Å². The standard InChI is InChI=1S/C24H20O2/c25-24(26)17-16-20(19-10-4-1-5-11-19)18-23(24,21-12-6-2-7-13-21)22-14-8-3-9-15-22/h1-18,25-26H. The first kappa shape index (κ1) is 16.5. The normalized spacial score (nSPS) is 17.5. The summed E-state index contributed by atoms with van der Waals surface area (Å²) in [4.78, 5) is 0. The molecule has 0 aromatic heterocycles. The average Bonchev–Trinajstić information content (AvgIpc) is 2.70. The molecule has 0 saturated heterocycles. The molecule has 4 rings (SSSR count). The van der Waals surface area contributed by atoms with E-state index in [1.54, 1.807) is 6.08 Å². The molecule has 0 aliphatic heterocycles. The fourth-order valence-electron chi connectivity index (χ4n) is 3.70. The first-order chi connectivity index (χ1) is 12.6. The number of hydrogen-bond donors (Lipinski definition) is 2. The highest BCUT2D eigenvalue weighted by atomic mass is 16.5. The van der Waals surface area contributed by atoms with Crippen molar-refractivity contribution in [3.63, 3.8) is 0 Å². The third kappa shape index (κ3) is 2.60. The van der Waals surface area contributed by atoms with Gasteiger partial charge in [0.15, 0.2) is 0 Å². The molecule has 0 unspecified atom stereocenters. The lowest BCUT2D eigenvalue weighted by Gasteiger charge is -2.43. The summed E-state index contributed by atoms with van der Waals surface area (Å²) < 4.78 is 0. The summed E-state index contributed by atoms with van der Waals surface area (Å²) in [6, 6.07) is 29.3. The molecule has 0 atom stereocenters. The molecular formula is C24H20O2. The Morgan fingerprint density at radius 2 is 1.04 bits per heavy atom. The highest BCUT2D eigenvalue weighted by Gasteiger charge is 2.50. The zero-order chi connectivity index (χ0) is 18.0. The summed E-state index contributed by atoms with van der Waals surface area (Å²) in [5.41, 5.74) is 2.55. The molecule has 3 aromatic carbocycles. The zero-order valence-electron chi connectivity index (χ0n) is 14.3. The van der Waals surface area contributed by atoms with Crippen molar-refractivity contribution in [2.24, 2.45) is 0 Å². The molecule has 1 aliphatic rings. The van der Waals surface area contributed by atoms with Crippen LogP contribution in [-0.2, 0) is 5.41 Å². The molecule has 26 heavy (non-hydrogen) atoms. The number of benzene rings is 3. The van der Waals surface area contributed by atoms with Crippen LogP contribution < -0.4 is 0 Å². The van der Waals surface area contributed by atoms with Crippen molar-refractivity contribution >= 4 is 5.57 Å². The molecule has 0 bridgehead atoms. The van der Waals surface area contributed by atoms with Crippen LogP contribution in [0.4, 0.5) is 0 Å². The van der Waals surface area contributed by atoms with E-state index in [2.05, 4.69) is 0 Å². The number of rotatable bonds is 3. The molecule has 0 spiro atoms. The van der Waals surface area contributed by atoms with E-state index in [0.717, 1.165) is 22.3 Å². The lowest BCUT2D eigenvalue weighted by atomic mass is 9.65. The molecule has 2 heteroatoms. The molecule has 1 aliphatic carbocycles. The Balaban J connectivity index is 2.02. The van der Waals surface area contributed by atoms with E-state index in [9.17, 15) is 10.2 Å². The second-order valence-electron chi connectivity index (χ2n) is 6.57. The van der Waals surface area contributed by atoms with Gasteiger partial charge in [-0.05, 0) is 28.3 Å². The van der Waals surface area contributed by atoms with Crippen LogP contribution in [0.15, 0.2) is 109 Å². The summed E-state index contributed by atoms with van der Waals surface area (Å²) in [5, 5.41) is 22.2. The van der Waals surface area contributed by atoms with Gasteiger partial charge in [-0.3, -0.25) is 0 Å². The van der Waals surface area contributed by atoms with Gasteiger partial charge in [0.25, 0.3) is 0 Å². The van der Waals surface area contributed by atoms with Crippen molar-refractivity contribution in [2.45, 2.75) is 11.2 Å². The van der Waals surface area contributed by atoms with E-state index in [-0.39, 0.29) is 0 Å². The zero-order valence-corrected chi connectivity index (χ0v) is 14.3. The Bertz CT molecular complexity index is 900. The van der Waals surface area contributed by atoms with Crippen molar-refractivity contribution in [1.82, 2.24) is 0 Å². The van der Waals surface area contributed by atoms with Crippen LogP contribution in [0.1, 0.15) is 16.7 Å². The van der Waals surface area contributed by atoms with E-state index in [4.69, 9.17) is 0 Å². The molecule has 0 heterocycles. The maximum atomic E-state index is 11.1. The van der Waals surface area contributed by atoms with E-state index >= 15 is 0 Å². The van der Waals surface area contributed by atoms with Gasteiger partial charge in [0, 0.05) is 0 Å². The van der Waals surface area contributed by atoms with Gasteiger partial charge in [-0.15, -0.1) is 0 Å². The van der Waals surface area contributed by atoms with Crippen molar-refractivity contribution in [1.29, 1.82) is 0 Å². The highest BCUT2D eigenvalue weighted by Crippen LogP contribution is 2.47. The van der Waals surface area contributed by atoms with Crippen LogP contribution in [-0.4, -0.2) is 16.0 Å². The van der Waals surface area contributed by atoms with Gasteiger partial charge in [0.2, 0.25) is 5.79 Å². The molecule has 0 saturated carbocycles. The fourth-order valence-corrected chi connectivity index (χ4v) is 3.70. The largest absolute Gasteiger partial charge is 0.361 e. The van der Waals surface area contributed by atoms with Crippen molar-refractivity contribution in [3.05, 3.63) is 126 Å². The first-order valence-corrected chi connectivity index (χ1v) is 8.67. The summed E-state index contributed by atoms with van der Waals surface area (Å²) in [6.45, 7) is 0. The van der Waals surface area contributed by atoms with Crippen LogP contribution in [0.3, 0.4) is 0 Å². The predicted molar refractivity (Wildman–Crippen MR) is 104 cm³/mol. The van der Waals surface area contributed by atoms with E-state index in [1.165, 1.54) is 6.08 Å². The van der Waals surface area contributed by atoms with Gasteiger partial charge < -0.3 is 10.2 Å².